The summed E-state index contributed by atoms with van der Waals surface area (Å²) < 4.78 is 26.1. The summed E-state index contributed by atoms with van der Waals surface area (Å²) in [5, 5.41) is 2.55. The van der Waals surface area contributed by atoms with Crippen molar-refractivity contribution in [2.45, 2.75) is 33.4 Å². The van der Waals surface area contributed by atoms with Crippen molar-refractivity contribution in [3.63, 3.8) is 0 Å². The van der Waals surface area contributed by atoms with E-state index in [1.807, 2.05) is 50.2 Å². The lowest BCUT2D eigenvalue weighted by atomic mass is 10.1. The second-order valence-electron chi connectivity index (χ2n) is 7.41. The van der Waals surface area contributed by atoms with Crippen LogP contribution in [0.2, 0.25) is 0 Å². The Morgan fingerprint density at radius 1 is 1.03 bits per heavy atom. The van der Waals surface area contributed by atoms with Gasteiger partial charge >= 0.3 is 0 Å². The molecule has 0 saturated heterocycles. The van der Waals surface area contributed by atoms with Gasteiger partial charge in [0.15, 0.2) is 0 Å². The average molecular weight is 432 g/mol. The molecule has 7 nitrogen and oxygen atoms in total. The van der Waals surface area contributed by atoms with Crippen LogP contribution in [0.5, 0.6) is 0 Å². The quantitative estimate of drug-likeness (QED) is 0.694. The number of nitrogens with zero attached hydrogens (tertiary/aromatic N) is 2. The Balaban J connectivity index is 2.39. The van der Waals surface area contributed by atoms with Crippen molar-refractivity contribution in [1.29, 1.82) is 0 Å². The van der Waals surface area contributed by atoms with E-state index in [-0.39, 0.29) is 12.5 Å². The minimum atomic E-state index is -3.72. The Bertz CT molecular complexity index is 986. The van der Waals surface area contributed by atoms with Crippen LogP contribution in [0.15, 0.2) is 48.5 Å². The Hall–Kier alpha value is -2.87. The van der Waals surface area contributed by atoms with E-state index < -0.39 is 28.5 Å². The van der Waals surface area contributed by atoms with Gasteiger partial charge in [0.1, 0.15) is 12.6 Å². The van der Waals surface area contributed by atoms with Crippen LogP contribution < -0.4 is 9.62 Å². The maximum Gasteiger partial charge on any atom is 0.244 e. The number of aryl methyl sites for hydroxylation is 2. The number of carbonyl (C=O) groups is 2. The van der Waals surface area contributed by atoms with E-state index in [1.54, 1.807) is 19.1 Å². The Labute approximate surface area is 178 Å². The number of hydrogen-bond donors (Lipinski definition) is 1. The van der Waals surface area contributed by atoms with Crippen LogP contribution in [0.4, 0.5) is 5.69 Å². The summed E-state index contributed by atoms with van der Waals surface area (Å²) in [6.45, 7) is 5.16. The molecule has 0 saturated carbocycles. The van der Waals surface area contributed by atoms with Crippen molar-refractivity contribution in [3.8, 4) is 0 Å². The molecule has 162 valence electrons. The van der Waals surface area contributed by atoms with E-state index in [9.17, 15) is 18.0 Å². The number of amides is 2. The zero-order valence-corrected chi connectivity index (χ0v) is 18.9. The van der Waals surface area contributed by atoms with Crippen molar-refractivity contribution in [2.24, 2.45) is 0 Å². The topological polar surface area (TPSA) is 86.8 Å². The largest absolute Gasteiger partial charge is 0.357 e. The molecule has 1 N–H and O–H groups in total. The molecule has 0 aromatic heterocycles. The fourth-order valence-electron chi connectivity index (χ4n) is 3.28. The van der Waals surface area contributed by atoms with E-state index in [0.717, 1.165) is 27.3 Å². The molecule has 2 rings (SSSR count). The van der Waals surface area contributed by atoms with E-state index in [0.29, 0.717) is 5.69 Å². The lowest BCUT2D eigenvalue weighted by Gasteiger charge is -2.31. The molecule has 0 heterocycles. The monoisotopic (exact) mass is 431 g/mol. The van der Waals surface area contributed by atoms with Gasteiger partial charge in [-0.3, -0.25) is 13.9 Å². The fourth-order valence-corrected chi connectivity index (χ4v) is 4.11. The molecule has 2 amide bonds. The number of carbonyl (C=O) groups excluding carboxylic acids is 2. The van der Waals surface area contributed by atoms with Crippen molar-refractivity contribution in [2.75, 3.05) is 24.2 Å². The normalized spacial score (nSPS) is 12.2. The predicted octanol–water partition coefficient (Wildman–Crippen LogP) is 2.23. The molecule has 30 heavy (non-hydrogen) atoms. The standard InChI is InChI=1S/C22H29N3O4S/c1-16-11-17(2)13-20(12-16)25(30(5,28)29)15-21(26)24(18(3)22(27)23-4)14-19-9-7-6-8-10-19/h6-13,18H,14-15H2,1-5H3,(H,23,27). The smallest absolute Gasteiger partial charge is 0.244 e. The summed E-state index contributed by atoms with van der Waals surface area (Å²) in [5.74, 6) is -0.781. The third-order valence-corrected chi connectivity index (χ3v) is 5.92. The van der Waals surface area contributed by atoms with Gasteiger partial charge in [-0.15, -0.1) is 0 Å². The summed E-state index contributed by atoms with van der Waals surface area (Å²) in [5.41, 5.74) is 3.06. The van der Waals surface area contributed by atoms with Crippen LogP contribution >= 0.6 is 0 Å². The molecule has 1 unspecified atom stereocenters. The molecule has 0 radical (unpaired) electrons. The van der Waals surface area contributed by atoms with Gasteiger partial charge in [-0.1, -0.05) is 36.4 Å². The highest BCUT2D eigenvalue weighted by Crippen LogP contribution is 2.22. The average Bonchev–Trinajstić information content (AvgIpc) is 2.68. The maximum absolute atomic E-state index is 13.2. The first-order chi connectivity index (χ1) is 14.0. The highest BCUT2D eigenvalue weighted by atomic mass is 32.2. The zero-order valence-electron chi connectivity index (χ0n) is 18.0. The molecule has 2 aromatic rings. The van der Waals surface area contributed by atoms with Gasteiger partial charge in [-0.05, 0) is 49.6 Å². The zero-order chi connectivity index (χ0) is 22.5. The van der Waals surface area contributed by atoms with Crippen LogP contribution in [0.25, 0.3) is 0 Å². The van der Waals surface area contributed by atoms with E-state index >= 15 is 0 Å². The highest BCUT2D eigenvalue weighted by Gasteiger charge is 2.29. The minimum Gasteiger partial charge on any atom is -0.357 e. The summed E-state index contributed by atoms with van der Waals surface area (Å²) >= 11 is 0. The molecule has 2 aromatic carbocycles. The number of benzene rings is 2. The van der Waals surface area contributed by atoms with Crippen molar-refractivity contribution >= 4 is 27.5 Å². The number of rotatable bonds is 8. The van der Waals surface area contributed by atoms with Crippen LogP contribution in [-0.4, -0.2) is 51.0 Å². The van der Waals surface area contributed by atoms with Crippen molar-refractivity contribution in [1.82, 2.24) is 10.2 Å². The van der Waals surface area contributed by atoms with Gasteiger partial charge in [-0.2, -0.15) is 0 Å². The Kier molecular flexibility index (Phi) is 7.61. The van der Waals surface area contributed by atoms with Gasteiger partial charge in [0, 0.05) is 13.6 Å². The van der Waals surface area contributed by atoms with Crippen LogP contribution in [0.3, 0.4) is 0 Å². The SMILES string of the molecule is CNC(=O)C(C)N(Cc1ccccc1)C(=O)CN(c1cc(C)cc(C)c1)S(C)(=O)=O. The van der Waals surface area contributed by atoms with Crippen molar-refractivity contribution < 1.29 is 18.0 Å². The van der Waals surface area contributed by atoms with E-state index in [1.165, 1.54) is 11.9 Å². The summed E-state index contributed by atoms with van der Waals surface area (Å²) in [4.78, 5) is 26.9. The maximum atomic E-state index is 13.2. The second kappa shape index (κ2) is 9.75. The molecular formula is C22H29N3O4S. The van der Waals surface area contributed by atoms with Gasteiger partial charge in [-0.25, -0.2) is 8.42 Å². The van der Waals surface area contributed by atoms with Crippen LogP contribution in [0.1, 0.15) is 23.6 Å². The van der Waals surface area contributed by atoms with Gasteiger partial charge in [0.2, 0.25) is 21.8 Å². The minimum absolute atomic E-state index is 0.193. The van der Waals surface area contributed by atoms with E-state index in [2.05, 4.69) is 5.32 Å². The first kappa shape index (κ1) is 23.4. The molecule has 0 aliphatic carbocycles. The van der Waals surface area contributed by atoms with Crippen LogP contribution in [0, 0.1) is 13.8 Å². The molecular weight excluding hydrogens is 402 g/mol. The molecule has 0 fully saturated rings. The van der Waals surface area contributed by atoms with Gasteiger partial charge < -0.3 is 10.2 Å². The van der Waals surface area contributed by atoms with E-state index in [4.69, 9.17) is 0 Å². The third kappa shape index (κ3) is 6.06. The molecule has 0 spiro atoms. The fraction of sp³-hybridized carbons (Fsp3) is 0.364. The highest BCUT2D eigenvalue weighted by molar-refractivity contribution is 7.92. The summed E-state index contributed by atoms with van der Waals surface area (Å²) in [6, 6.07) is 13.9. The van der Waals surface area contributed by atoms with Crippen LogP contribution in [-0.2, 0) is 26.2 Å². The number of anilines is 1. The third-order valence-electron chi connectivity index (χ3n) is 4.78. The lowest BCUT2D eigenvalue weighted by Crippen LogP contribution is -2.50. The number of sulfonamides is 1. The molecule has 1 atom stereocenters. The number of nitrogens with one attached hydrogen (secondary N) is 1. The van der Waals surface area contributed by atoms with Crippen molar-refractivity contribution in [3.05, 3.63) is 65.2 Å². The number of likely N-dealkylation sites (N-methyl/N-ethyl adjacent to an activating group) is 1. The predicted molar refractivity (Wildman–Crippen MR) is 119 cm³/mol. The number of hydrogen-bond acceptors (Lipinski definition) is 4. The molecule has 0 aliphatic rings. The van der Waals surface area contributed by atoms with Gasteiger partial charge in [0.25, 0.3) is 0 Å². The summed E-state index contributed by atoms with van der Waals surface area (Å²) in [7, 11) is -2.22. The molecule has 0 bridgehead atoms. The van der Waals surface area contributed by atoms with Gasteiger partial charge in [0.05, 0.1) is 11.9 Å². The Morgan fingerprint density at radius 3 is 2.10 bits per heavy atom. The molecule has 0 aliphatic heterocycles. The lowest BCUT2D eigenvalue weighted by molar-refractivity contribution is -0.139. The first-order valence-electron chi connectivity index (χ1n) is 9.64. The summed E-state index contributed by atoms with van der Waals surface area (Å²) in [6.07, 6.45) is 1.07. The second-order valence-corrected chi connectivity index (χ2v) is 9.32. The first-order valence-corrected chi connectivity index (χ1v) is 11.5. The Morgan fingerprint density at radius 2 is 1.60 bits per heavy atom. The molecule has 8 heteroatoms.